The lowest BCUT2D eigenvalue weighted by Gasteiger charge is -2.31. The van der Waals surface area contributed by atoms with Gasteiger partial charge in [-0.3, -0.25) is 0 Å². The first kappa shape index (κ1) is 12.3. The predicted octanol–water partition coefficient (Wildman–Crippen LogP) is 1.21. The molecule has 0 bridgehead atoms. The van der Waals surface area contributed by atoms with Gasteiger partial charge >= 0.3 is 6.03 Å². The van der Waals surface area contributed by atoms with Gasteiger partial charge in [-0.05, 0) is 31.2 Å². The number of urea groups is 1. The van der Waals surface area contributed by atoms with Gasteiger partial charge in [-0.25, -0.2) is 4.79 Å². The van der Waals surface area contributed by atoms with E-state index in [-0.39, 0.29) is 17.5 Å². The van der Waals surface area contributed by atoms with Gasteiger partial charge in [0.05, 0.1) is 0 Å². The molecule has 1 fully saturated rings. The van der Waals surface area contributed by atoms with E-state index in [1.54, 1.807) is 0 Å². The summed E-state index contributed by atoms with van der Waals surface area (Å²) in [4.78, 5) is 11.6. The Hall–Kier alpha value is -0.770. The van der Waals surface area contributed by atoms with Gasteiger partial charge in [0.2, 0.25) is 0 Å². The number of carbonyl (C=O) groups excluding carboxylic acids is 1. The second kappa shape index (κ2) is 4.84. The van der Waals surface area contributed by atoms with Crippen molar-refractivity contribution < 1.29 is 4.79 Å². The molecule has 0 aromatic carbocycles. The van der Waals surface area contributed by atoms with Crippen LogP contribution in [0.4, 0.5) is 4.79 Å². The van der Waals surface area contributed by atoms with Crippen molar-refractivity contribution in [3.8, 4) is 0 Å². The van der Waals surface area contributed by atoms with Gasteiger partial charge < -0.3 is 16.4 Å². The van der Waals surface area contributed by atoms with Crippen LogP contribution >= 0.6 is 0 Å². The minimum absolute atomic E-state index is 0.0501. The van der Waals surface area contributed by atoms with E-state index in [1.807, 2.05) is 0 Å². The van der Waals surface area contributed by atoms with E-state index in [2.05, 4.69) is 31.4 Å². The van der Waals surface area contributed by atoms with Crippen LogP contribution in [0.25, 0.3) is 0 Å². The second-order valence-corrected chi connectivity index (χ2v) is 5.39. The topological polar surface area (TPSA) is 67.1 Å². The standard InChI is InChI=1S/C11H23N3O/c1-11(2,3)9(6-7-12)14-10(15)13-8-4-5-8/h8-9H,4-7,12H2,1-3H3,(H2,13,14,15). The van der Waals surface area contributed by atoms with E-state index in [0.29, 0.717) is 12.6 Å². The smallest absolute Gasteiger partial charge is 0.315 e. The molecule has 0 radical (unpaired) electrons. The van der Waals surface area contributed by atoms with Crippen molar-refractivity contribution in [3.63, 3.8) is 0 Å². The van der Waals surface area contributed by atoms with Crippen LogP contribution in [-0.4, -0.2) is 24.7 Å². The van der Waals surface area contributed by atoms with Crippen molar-refractivity contribution in [1.29, 1.82) is 0 Å². The number of hydrogen-bond acceptors (Lipinski definition) is 2. The summed E-state index contributed by atoms with van der Waals surface area (Å²) in [5.74, 6) is 0. The molecular weight excluding hydrogens is 190 g/mol. The van der Waals surface area contributed by atoms with Gasteiger partial charge in [-0.2, -0.15) is 0 Å². The molecule has 4 N–H and O–H groups in total. The molecule has 1 unspecified atom stereocenters. The van der Waals surface area contributed by atoms with Gasteiger partial charge in [-0.1, -0.05) is 20.8 Å². The van der Waals surface area contributed by atoms with Crippen LogP contribution in [0.5, 0.6) is 0 Å². The normalized spacial score (nSPS) is 18.4. The van der Waals surface area contributed by atoms with E-state index in [0.717, 1.165) is 19.3 Å². The third kappa shape index (κ3) is 4.51. The average Bonchev–Trinajstić information content (AvgIpc) is 2.85. The number of hydrogen-bond donors (Lipinski definition) is 3. The summed E-state index contributed by atoms with van der Waals surface area (Å²) in [5, 5.41) is 5.92. The van der Waals surface area contributed by atoms with E-state index < -0.39 is 0 Å². The van der Waals surface area contributed by atoms with Crippen LogP contribution in [0.1, 0.15) is 40.0 Å². The zero-order chi connectivity index (χ0) is 11.5. The molecule has 4 heteroatoms. The molecule has 0 aromatic rings. The molecule has 2 amide bonds. The Bertz CT molecular complexity index is 218. The molecular formula is C11H23N3O. The SMILES string of the molecule is CC(C)(C)C(CCN)NC(=O)NC1CC1. The molecule has 88 valence electrons. The van der Waals surface area contributed by atoms with E-state index in [4.69, 9.17) is 5.73 Å². The summed E-state index contributed by atoms with van der Waals surface area (Å²) in [6, 6.07) is 0.496. The van der Waals surface area contributed by atoms with Crippen molar-refractivity contribution in [2.45, 2.75) is 52.1 Å². The Morgan fingerprint density at radius 2 is 2.07 bits per heavy atom. The fourth-order valence-electron chi connectivity index (χ4n) is 1.50. The summed E-state index contributed by atoms with van der Waals surface area (Å²) >= 11 is 0. The number of carbonyl (C=O) groups is 1. The Morgan fingerprint density at radius 1 is 1.47 bits per heavy atom. The summed E-state index contributed by atoms with van der Waals surface area (Å²) in [7, 11) is 0. The van der Waals surface area contributed by atoms with E-state index in [1.165, 1.54) is 0 Å². The fourth-order valence-corrected chi connectivity index (χ4v) is 1.50. The van der Waals surface area contributed by atoms with E-state index in [9.17, 15) is 4.79 Å². The number of nitrogens with two attached hydrogens (primary N) is 1. The molecule has 0 aliphatic heterocycles. The minimum Gasteiger partial charge on any atom is -0.335 e. The van der Waals surface area contributed by atoms with Crippen molar-refractivity contribution in [1.82, 2.24) is 10.6 Å². The zero-order valence-electron chi connectivity index (χ0n) is 9.97. The summed E-state index contributed by atoms with van der Waals surface area (Å²) in [6.07, 6.45) is 3.05. The van der Waals surface area contributed by atoms with Crippen LogP contribution in [-0.2, 0) is 0 Å². The molecule has 1 atom stereocenters. The van der Waals surface area contributed by atoms with Crippen LogP contribution < -0.4 is 16.4 Å². The summed E-state index contributed by atoms with van der Waals surface area (Å²) in [5.41, 5.74) is 5.60. The highest BCUT2D eigenvalue weighted by atomic mass is 16.2. The third-order valence-corrected chi connectivity index (χ3v) is 2.72. The molecule has 1 saturated carbocycles. The van der Waals surface area contributed by atoms with Crippen LogP contribution in [0.3, 0.4) is 0 Å². The van der Waals surface area contributed by atoms with Crippen LogP contribution in [0.2, 0.25) is 0 Å². The fraction of sp³-hybridized carbons (Fsp3) is 0.909. The molecule has 0 saturated heterocycles. The molecule has 0 heterocycles. The lowest BCUT2D eigenvalue weighted by atomic mass is 9.85. The number of amides is 2. The van der Waals surface area contributed by atoms with Crippen molar-refractivity contribution >= 4 is 6.03 Å². The van der Waals surface area contributed by atoms with Gasteiger partial charge in [0.15, 0.2) is 0 Å². The Balaban J connectivity index is 2.38. The van der Waals surface area contributed by atoms with Crippen molar-refractivity contribution in [2.75, 3.05) is 6.54 Å². The average molecular weight is 213 g/mol. The molecule has 0 spiro atoms. The molecule has 4 nitrogen and oxygen atoms in total. The van der Waals surface area contributed by atoms with Crippen molar-refractivity contribution in [3.05, 3.63) is 0 Å². The minimum atomic E-state index is -0.0501. The lowest BCUT2D eigenvalue weighted by molar-refractivity contribution is 0.214. The second-order valence-electron chi connectivity index (χ2n) is 5.39. The number of nitrogens with one attached hydrogen (secondary N) is 2. The zero-order valence-corrected chi connectivity index (χ0v) is 9.97. The molecule has 1 rings (SSSR count). The lowest BCUT2D eigenvalue weighted by Crippen LogP contribution is -2.49. The number of rotatable bonds is 4. The quantitative estimate of drug-likeness (QED) is 0.657. The maximum atomic E-state index is 11.6. The molecule has 15 heavy (non-hydrogen) atoms. The molecule has 0 aromatic heterocycles. The maximum absolute atomic E-state index is 11.6. The Kier molecular flexibility index (Phi) is 3.97. The predicted molar refractivity (Wildman–Crippen MR) is 61.6 cm³/mol. The molecule has 1 aliphatic carbocycles. The highest BCUT2D eigenvalue weighted by Crippen LogP contribution is 2.22. The van der Waals surface area contributed by atoms with E-state index >= 15 is 0 Å². The first-order valence-electron chi connectivity index (χ1n) is 5.70. The summed E-state index contributed by atoms with van der Waals surface area (Å²) < 4.78 is 0. The largest absolute Gasteiger partial charge is 0.335 e. The monoisotopic (exact) mass is 213 g/mol. The third-order valence-electron chi connectivity index (χ3n) is 2.72. The Morgan fingerprint density at radius 3 is 2.47 bits per heavy atom. The van der Waals surface area contributed by atoms with Crippen molar-refractivity contribution in [2.24, 2.45) is 11.1 Å². The molecule has 1 aliphatic rings. The van der Waals surface area contributed by atoms with Crippen LogP contribution in [0.15, 0.2) is 0 Å². The van der Waals surface area contributed by atoms with Gasteiger partial charge in [-0.15, -0.1) is 0 Å². The first-order chi connectivity index (χ1) is 6.93. The highest BCUT2D eigenvalue weighted by molar-refractivity contribution is 5.75. The Labute approximate surface area is 92.0 Å². The summed E-state index contributed by atoms with van der Waals surface area (Å²) in [6.45, 7) is 6.95. The highest BCUT2D eigenvalue weighted by Gasteiger charge is 2.28. The van der Waals surface area contributed by atoms with Crippen LogP contribution in [0, 0.1) is 5.41 Å². The van der Waals surface area contributed by atoms with Gasteiger partial charge in [0.25, 0.3) is 0 Å². The first-order valence-corrected chi connectivity index (χ1v) is 5.70. The van der Waals surface area contributed by atoms with Gasteiger partial charge in [0.1, 0.15) is 0 Å². The maximum Gasteiger partial charge on any atom is 0.315 e. The van der Waals surface area contributed by atoms with Gasteiger partial charge in [0, 0.05) is 12.1 Å².